The fraction of sp³-hybridized carbons (Fsp3) is 0.324. The summed E-state index contributed by atoms with van der Waals surface area (Å²) in [6.45, 7) is 2.42. The Bertz CT molecular complexity index is 2050. The number of halogens is 2. The molecule has 2 N–H and O–H groups in total. The Morgan fingerprint density at radius 2 is 1.63 bits per heavy atom. The Kier molecular flexibility index (Phi) is 11.3. The van der Waals surface area contributed by atoms with Gasteiger partial charge in [-0.25, -0.2) is 18.0 Å². The van der Waals surface area contributed by atoms with Crippen LogP contribution in [0.2, 0.25) is 10.0 Å². The number of esters is 1. The van der Waals surface area contributed by atoms with Crippen LogP contribution >= 0.6 is 23.2 Å². The first-order chi connectivity index (χ1) is 24.9. The molecule has 0 aliphatic carbocycles. The SMILES string of the molecule is COc1ccc([C@H](Cc2c(Cl)c[n+]([O-])cc2Cl)c2c(C(=O)O)cccc2S(=O)(=O)NC(C(=O)O[C@H]2CN3CCC2CC3)c2ccccc2)cc1OC. The number of nitrogens with zero attached hydrogens (tertiary/aromatic N) is 2. The molecule has 0 saturated carbocycles. The van der Waals surface area contributed by atoms with Crippen molar-refractivity contribution in [1.29, 1.82) is 0 Å². The highest BCUT2D eigenvalue weighted by Gasteiger charge is 2.40. The number of carbonyl (C=O) groups excluding carboxylic acids is 1. The fourth-order valence-electron chi connectivity index (χ4n) is 7.09. The van der Waals surface area contributed by atoms with Gasteiger partial charge in [0.2, 0.25) is 10.0 Å². The molecule has 3 saturated heterocycles. The van der Waals surface area contributed by atoms with E-state index in [1.807, 2.05) is 0 Å². The summed E-state index contributed by atoms with van der Waals surface area (Å²) in [6, 6.07) is 15.6. The molecule has 52 heavy (non-hydrogen) atoms. The maximum absolute atomic E-state index is 14.7. The number of aromatic nitrogens is 1. The first-order valence-corrected chi connectivity index (χ1v) is 18.8. The normalized spacial score (nSPS) is 19.4. The lowest BCUT2D eigenvalue weighted by Gasteiger charge is -2.44. The van der Waals surface area contributed by atoms with Gasteiger partial charge in [0.25, 0.3) is 0 Å². The summed E-state index contributed by atoms with van der Waals surface area (Å²) < 4.78 is 49.3. The van der Waals surface area contributed by atoms with Gasteiger partial charge in [0.1, 0.15) is 22.2 Å². The molecule has 15 heteroatoms. The summed E-state index contributed by atoms with van der Waals surface area (Å²) in [5, 5.41) is 22.6. The molecule has 3 aromatic carbocycles. The van der Waals surface area contributed by atoms with Crippen molar-refractivity contribution in [2.24, 2.45) is 5.92 Å². The number of piperidine rings is 3. The van der Waals surface area contributed by atoms with Gasteiger partial charge >= 0.3 is 11.9 Å². The lowest BCUT2D eigenvalue weighted by molar-refractivity contribution is -0.605. The van der Waals surface area contributed by atoms with Gasteiger partial charge in [-0.05, 0) is 79.2 Å². The standard InChI is InChI=1S/C37H37Cl2N3O9S/c1-49-30-12-11-24(17-31(30)50-2)26(18-27-28(38)19-42(46)20-29(27)39)34-25(36(43)44)9-6-10-33(34)52(47,48)40-35(23-7-4-3-5-8-23)37(45)51-32-21-41-15-13-22(32)14-16-41/h3-12,17,19-20,22,26,32,35,40H,13-16,18,21H2,1-2H3,(H,43,44)/t26-,32-,35?/m0/s1. The Labute approximate surface area is 311 Å². The predicted octanol–water partition coefficient (Wildman–Crippen LogP) is 5.37. The second-order valence-electron chi connectivity index (χ2n) is 12.8. The van der Waals surface area contributed by atoms with Gasteiger partial charge in [0, 0.05) is 18.0 Å². The summed E-state index contributed by atoms with van der Waals surface area (Å²) >= 11 is 13.0. The number of sulfonamides is 1. The zero-order chi connectivity index (χ0) is 37.2. The summed E-state index contributed by atoms with van der Waals surface area (Å²) in [5.74, 6) is -2.37. The van der Waals surface area contributed by atoms with Crippen LogP contribution in [0.3, 0.4) is 0 Å². The van der Waals surface area contributed by atoms with Crippen LogP contribution in [-0.4, -0.2) is 70.3 Å². The van der Waals surface area contributed by atoms with Crippen molar-refractivity contribution in [1.82, 2.24) is 9.62 Å². The molecule has 4 aromatic rings. The minimum atomic E-state index is -4.69. The maximum Gasteiger partial charge on any atom is 0.336 e. The van der Waals surface area contributed by atoms with Crippen molar-refractivity contribution < 1.29 is 42.1 Å². The highest BCUT2D eigenvalue weighted by molar-refractivity contribution is 7.89. The number of benzene rings is 3. The molecule has 2 bridgehead atoms. The van der Waals surface area contributed by atoms with E-state index >= 15 is 0 Å². The fourth-order valence-corrected chi connectivity index (χ4v) is 9.16. The Morgan fingerprint density at radius 1 is 0.962 bits per heavy atom. The number of ether oxygens (including phenoxy) is 3. The number of nitrogens with one attached hydrogen (secondary N) is 1. The van der Waals surface area contributed by atoms with Gasteiger partial charge in [-0.15, -0.1) is 0 Å². The molecule has 12 nitrogen and oxygen atoms in total. The van der Waals surface area contributed by atoms with Crippen molar-refractivity contribution in [3.63, 3.8) is 0 Å². The van der Waals surface area contributed by atoms with Gasteiger partial charge in [0.15, 0.2) is 23.9 Å². The summed E-state index contributed by atoms with van der Waals surface area (Å²) in [4.78, 5) is 28.7. The van der Waals surface area contributed by atoms with Crippen LogP contribution < -0.4 is 18.9 Å². The van der Waals surface area contributed by atoms with E-state index in [1.54, 1.807) is 48.5 Å². The third-order valence-electron chi connectivity index (χ3n) is 9.72. The van der Waals surface area contributed by atoms with Crippen molar-refractivity contribution in [2.45, 2.75) is 42.2 Å². The zero-order valence-electron chi connectivity index (χ0n) is 28.3. The highest BCUT2D eigenvalue weighted by atomic mass is 35.5. The molecule has 1 unspecified atom stereocenters. The summed E-state index contributed by atoms with van der Waals surface area (Å²) in [5.41, 5.74) is 0.609. The van der Waals surface area contributed by atoms with Crippen LogP contribution in [0, 0.1) is 11.1 Å². The van der Waals surface area contributed by atoms with E-state index in [0.29, 0.717) is 33.9 Å². The second-order valence-corrected chi connectivity index (χ2v) is 15.3. The average Bonchev–Trinajstić information content (AvgIpc) is 3.14. The largest absolute Gasteiger partial charge is 0.619 e. The lowest BCUT2D eigenvalue weighted by atomic mass is 9.83. The molecule has 4 heterocycles. The van der Waals surface area contributed by atoms with E-state index in [0.717, 1.165) is 38.3 Å². The second kappa shape index (κ2) is 15.7. The van der Waals surface area contributed by atoms with Crippen LogP contribution in [0.4, 0.5) is 0 Å². The molecule has 0 spiro atoms. The molecule has 274 valence electrons. The summed E-state index contributed by atoms with van der Waals surface area (Å²) in [7, 11) is -1.81. The van der Waals surface area contributed by atoms with Crippen molar-refractivity contribution in [2.75, 3.05) is 33.9 Å². The number of carboxylic acids is 1. The van der Waals surface area contributed by atoms with Gasteiger partial charge < -0.3 is 24.5 Å². The molecule has 3 aliphatic rings. The Balaban J connectivity index is 1.48. The number of aromatic carboxylic acids is 1. The quantitative estimate of drug-likeness (QED) is 0.103. The Hall–Kier alpha value is -4.40. The van der Waals surface area contributed by atoms with E-state index in [2.05, 4.69) is 9.62 Å². The van der Waals surface area contributed by atoms with Gasteiger partial charge in [-0.3, -0.25) is 4.90 Å². The van der Waals surface area contributed by atoms with Crippen LogP contribution in [0.5, 0.6) is 11.5 Å². The van der Waals surface area contributed by atoms with Crippen LogP contribution in [0.1, 0.15) is 57.4 Å². The van der Waals surface area contributed by atoms with Gasteiger partial charge in [-0.2, -0.15) is 9.45 Å². The Morgan fingerprint density at radius 3 is 2.23 bits per heavy atom. The van der Waals surface area contributed by atoms with Crippen LogP contribution in [0.25, 0.3) is 0 Å². The minimum Gasteiger partial charge on any atom is -0.619 e. The number of carboxylic acid groups (broad SMARTS) is 1. The van der Waals surface area contributed by atoms with Gasteiger partial charge in [0.05, 0.1) is 24.7 Å². The van der Waals surface area contributed by atoms with Crippen LogP contribution in [-0.2, 0) is 26.0 Å². The van der Waals surface area contributed by atoms with Crippen molar-refractivity contribution >= 4 is 45.2 Å². The highest BCUT2D eigenvalue weighted by Crippen LogP contribution is 2.41. The first kappa shape index (κ1) is 37.4. The molecular formula is C37H37Cl2N3O9S. The molecule has 3 atom stereocenters. The van der Waals surface area contributed by atoms with Crippen molar-refractivity contribution in [3.05, 3.63) is 122 Å². The smallest absolute Gasteiger partial charge is 0.336 e. The third kappa shape index (κ3) is 7.83. The van der Waals surface area contributed by atoms with Crippen LogP contribution in [0.15, 0.2) is 84.0 Å². The minimum absolute atomic E-state index is 0.0112. The molecule has 0 radical (unpaired) electrons. The zero-order valence-corrected chi connectivity index (χ0v) is 30.7. The molecule has 1 aromatic heterocycles. The topological polar surface area (TPSA) is 158 Å². The van der Waals surface area contributed by atoms with Crippen molar-refractivity contribution in [3.8, 4) is 11.5 Å². The molecule has 7 rings (SSSR count). The van der Waals surface area contributed by atoms with E-state index in [1.165, 1.54) is 32.4 Å². The van der Waals surface area contributed by atoms with Gasteiger partial charge in [-0.1, -0.05) is 65.7 Å². The number of pyridine rings is 1. The molecule has 3 aliphatic heterocycles. The number of hydrogen-bond acceptors (Lipinski definition) is 9. The maximum atomic E-state index is 14.7. The number of rotatable bonds is 13. The number of fused-ring (bicyclic) bond motifs is 3. The number of methoxy groups -OCH3 is 2. The predicted molar refractivity (Wildman–Crippen MR) is 192 cm³/mol. The average molecular weight is 771 g/mol. The third-order valence-corrected chi connectivity index (χ3v) is 11.8. The monoisotopic (exact) mass is 769 g/mol. The molecular weight excluding hydrogens is 733 g/mol. The molecule has 3 fully saturated rings. The summed E-state index contributed by atoms with van der Waals surface area (Å²) in [6.07, 6.45) is 3.44. The number of carbonyl (C=O) groups is 2. The number of hydrogen-bond donors (Lipinski definition) is 2. The van der Waals surface area contributed by atoms with E-state index in [9.17, 15) is 28.3 Å². The van der Waals surface area contributed by atoms with E-state index < -0.39 is 38.8 Å². The van der Waals surface area contributed by atoms with E-state index in [-0.39, 0.29) is 45.2 Å². The molecule has 0 amide bonds. The lowest BCUT2D eigenvalue weighted by Crippen LogP contribution is -2.52. The first-order valence-electron chi connectivity index (χ1n) is 16.5. The van der Waals surface area contributed by atoms with E-state index in [4.69, 9.17) is 37.4 Å².